The van der Waals surface area contributed by atoms with E-state index in [9.17, 15) is 9.50 Å². The molecule has 2 nitrogen and oxygen atoms in total. The number of hydrogen-bond donors (Lipinski definition) is 2. The molecule has 1 aliphatic rings. The molecule has 0 unspecified atom stereocenters. The van der Waals surface area contributed by atoms with E-state index in [1.807, 2.05) is 0 Å². The van der Waals surface area contributed by atoms with E-state index in [0.717, 1.165) is 25.9 Å². The Hall–Kier alpha value is -0.510. The van der Waals surface area contributed by atoms with Gasteiger partial charge in [0.2, 0.25) is 0 Å². The number of benzene rings is 1. The third kappa shape index (κ3) is 2.84. The molecule has 0 aromatic heterocycles. The summed E-state index contributed by atoms with van der Waals surface area (Å²) < 4.78 is 13.9. The van der Waals surface area contributed by atoms with Crippen molar-refractivity contribution in [1.82, 2.24) is 5.32 Å². The minimum atomic E-state index is -0.588. The lowest BCUT2D eigenvalue weighted by molar-refractivity contribution is 0.361. The molecule has 1 aliphatic heterocycles. The number of phenols is 1. The van der Waals surface area contributed by atoms with Gasteiger partial charge in [-0.1, -0.05) is 23.2 Å². The number of aromatic hydroxyl groups is 1. The van der Waals surface area contributed by atoms with Crippen LogP contribution < -0.4 is 5.32 Å². The average Bonchev–Trinajstić information content (AvgIpc) is 2.33. The van der Waals surface area contributed by atoms with Crippen molar-refractivity contribution in [3.8, 4) is 5.75 Å². The number of halogens is 3. The average molecular weight is 278 g/mol. The summed E-state index contributed by atoms with van der Waals surface area (Å²) >= 11 is 11.4. The van der Waals surface area contributed by atoms with Gasteiger partial charge in [-0.15, -0.1) is 0 Å². The highest BCUT2D eigenvalue weighted by molar-refractivity contribution is 6.42. The van der Waals surface area contributed by atoms with E-state index in [-0.39, 0.29) is 21.4 Å². The fourth-order valence-electron chi connectivity index (χ4n) is 2.19. The first-order valence-electron chi connectivity index (χ1n) is 5.65. The third-order valence-electron chi connectivity index (χ3n) is 3.19. The molecule has 1 aromatic rings. The quantitative estimate of drug-likeness (QED) is 0.813. The van der Waals surface area contributed by atoms with Gasteiger partial charge < -0.3 is 10.4 Å². The van der Waals surface area contributed by atoms with Crippen LogP contribution in [0.2, 0.25) is 10.0 Å². The van der Waals surface area contributed by atoms with Crippen molar-refractivity contribution in [2.24, 2.45) is 5.92 Å². The summed E-state index contributed by atoms with van der Waals surface area (Å²) in [6, 6.07) is 1.31. The Morgan fingerprint density at radius 1 is 1.35 bits per heavy atom. The van der Waals surface area contributed by atoms with E-state index < -0.39 is 5.82 Å². The van der Waals surface area contributed by atoms with Crippen LogP contribution in [-0.2, 0) is 6.42 Å². The minimum absolute atomic E-state index is 0.0516. The highest BCUT2D eigenvalue weighted by Crippen LogP contribution is 2.35. The lowest BCUT2D eigenvalue weighted by Gasteiger charge is -2.23. The molecular formula is C12H14Cl2FNO. The topological polar surface area (TPSA) is 32.3 Å². The van der Waals surface area contributed by atoms with Gasteiger partial charge >= 0.3 is 0 Å². The second-order valence-corrected chi connectivity index (χ2v) is 5.17. The Morgan fingerprint density at radius 3 is 2.65 bits per heavy atom. The zero-order valence-electron chi connectivity index (χ0n) is 9.27. The Balaban J connectivity index is 2.22. The summed E-state index contributed by atoms with van der Waals surface area (Å²) in [7, 11) is 0. The van der Waals surface area contributed by atoms with Crippen LogP contribution in [0.3, 0.4) is 0 Å². The third-order valence-corrected chi connectivity index (χ3v) is 3.96. The maximum atomic E-state index is 13.9. The Morgan fingerprint density at radius 2 is 2.00 bits per heavy atom. The highest BCUT2D eigenvalue weighted by Gasteiger charge is 2.21. The lowest BCUT2D eigenvalue weighted by atomic mass is 9.90. The van der Waals surface area contributed by atoms with Crippen LogP contribution in [0.4, 0.5) is 4.39 Å². The van der Waals surface area contributed by atoms with Gasteiger partial charge in [-0.2, -0.15) is 0 Å². The second-order valence-electron chi connectivity index (χ2n) is 4.38. The molecule has 0 radical (unpaired) electrons. The maximum absolute atomic E-state index is 13.9. The molecule has 2 N–H and O–H groups in total. The van der Waals surface area contributed by atoms with Gasteiger partial charge in [-0.05, 0) is 38.3 Å². The number of hydrogen-bond acceptors (Lipinski definition) is 2. The standard InChI is InChI=1S/C12H14Cl2FNO/c13-9-6-10(17)8(12(15)11(9)14)5-7-1-3-16-4-2-7/h6-7,16-17H,1-5H2. The van der Waals surface area contributed by atoms with Gasteiger partial charge in [0.15, 0.2) is 0 Å². The molecule has 1 fully saturated rings. The number of piperidine rings is 1. The summed E-state index contributed by atoms with van der Waals surface area (Å²) in [6.45, 7) is 1.88. The SMILES string of the molecule is Oc1cc(Cl)c(Cl)c(F)c1CC1CCNCC1. The van der Waals surface area contributed by atoms with Crippen LogP contribution in [0.15, 0.2) is 6.07 Å². The van der Waals surface area contributed by atoms with Gasteiger partial charge in [0, 0.05) is 11.6 Å². The summed E-state index contributed by atoms with van der Waals surface area (Å²) in [5.74, 6) is -0.306. The van der Waals surface area contributed by atoms with E-state index in [1.165, 1.54) is 6.07 Å². The van der Waals surface area contributed by atoms with Gasteiger partial charge in [0.25, 0.3) is 0 Å². The predicted octanol–water partition coefficient (Wildman–Crippen LogP) is 3.38. The molecule has 0 atom stereocenters. The van der Waals surface area contributed by atoms with Crippen molar-refractivity contribution in [3.63, 3.8) is 0 Å². The largest absolute Gasteiger partial charge is 0.508 e. The molecule has 0 aliphatic carbocycles. The molecule has 0 bridgehead atoms. The van der Waals surface area contributed by atoms with Crippen LogP contribution >= 0.6 is 23.2 Å². The molecule has 1 saturated heterocycles. The molecule has 94 valence electrons. The molecule has 0 spiro atoms. The maximum Gasteiger partial charge on any atom is 0.150 e. The van der Waals surface area contributed by atoms with Gasteiger partial charge in [-0.25, -0.2) is 4.39 Å². The van der Waals surface area contributed by atoms with Crippen molar-refractivity contribution >= 4 is 23.2 Å². The molecular weight excluding hydrogens is 264 g/mol. The van der Waals surface area contributed by atoms with Crippen LogP contribution in [0.25, 0.3) is 0 Å². The fraction of sp³-hybridized carbons (Fsp3) is 0.500. The number of phenolic OH excluding ortho intramolecular Hbond substituents is 1. The predicted molar refractivity (Wildman–Crippen MR) is 67.4 cm³/mol. The summed E-state index contributed by atoms with van der Waals surface area (Å²) in [5.41, 5.74) is 0.284. The lowest BCUT2D eigenvalue weighted by Crippen LogP contribution is -2.28. The van der Waals surface area contributed by atoms with Crippen LogP contribution in [0.5, 0.6) is 5.75 Å². The molecule has 0 saturated carbocycles. The van der Waals surface area contributed by atoms with E-state index in [0.29, 0.717) is 12.3 Å². The van der Waals surface area contributed by atoms with Crippen molar-refractivity contribution in [3.05, 3.63) is 27.5 Å². The first-order valence-corrected chi connectivity index (χ1v) is 6.41. The molecule has 5 heteroatoms. The van der Waals surface area contributed by atoms with Crippen LogP contribution in [0, 0.1) is 11.7 Å². The molecule has 17 heavy (non-hydrogen) atoms. The smallest absolute Gasteiger partial charge is 0.150 e. The van der Waals surface area contributed by atoms with Crippen molar-refractivity contribution in [2.75, 3.05) is 13.1 Å². The van der Waals surface area contributed by atoms with Crippen molar-refractivity contribution < 1.29 is 9.50 Å². The summed E-state index contributed by atoms with van der Waals surface area (Å²) in [6.07, 6.45) is 2.48. The van der Waals surface area contributed by atoms with Crippen LogP contribution in [0.1, 0.15) is 18.4 Å². The monoisotopic (exact) mass is 277 g/mol. The highest BCUT2D eigenvalue weighted by atomic mass is 35.5. The fourth-order valence-corrected chi connectivity index (χ4v) is 2.54. The van der Waals surface area contributed by atoms with Crippen molar-refractivity contribution in [2.45, 2.75) is 19.3 Å². The molecule has 2 rings (SSSR count). The summed E-state index contributed by atoms with van der Waals surface area (Å²) in [4.78, 5) is 0. The molecule has 0 amide bonds. The van der Waals surface area contributed by atoms with Crippen molar-refractivity contribution in [1.29, 1.82) is 0 Å². The van der Waals surface area contributed by atoms with E-state index >= 15 is 0 Å². The van der Waals surface area contributed by atoms with Gasteiger partial charge in [-0.3, -0.25) is 0 Å². The summed E-state index contributed by atoms with van der Waals surface area (Å²) in [5, 5.41) is 12.9. The first-order chi connectivity index (χ1) is 8.09. The zero-order valence-corrected chi connectivity index (χ0v) is 10.8. The van der Waals surface area contributed by atoms with E-state index in [2.05, 4.69) is 5.32 Å². The Bertz CT molecular complexity index is 419. The van der Waals surface area contributed by atoms with Gasteiger partial charge in [0.1, 0.15) is 11.6 Å². The molecule has 1 aromatic carbocycles. The first kappa shape index (κ1) is 12.9. The molecule has 1 heterocycles. The van der Waals surface area contributed by atoms with E-state index in [4.69, 9.17) is 23.2 Å². The Kier molecular flexibility index (Phi) is 4.13. The second kappa shape index (κ2) is 5.42. The van der Waals surface area contributed by atoms with Gasteiger partial charge in [0.05, 0.1) is 10.0 Å². The van der Waals surface area contributed by atoms with E-state index in [1.54, 1.807) is 0 Å². The Labute approximate surface area is 110 Å². The number of rotatable bonds is 2. The normalized spacial score (nSPS) is 17.4. The van der Waals surface area contributed by atoms with Crippen LogP contribution in [-0.4, -0.2) is 18.2 Å². The minimum Gasteiger partial charge on any atom is -0.508 e. The zero-order chi connectivity index (χ0) is 12.4. The number of nitrogens with one attached hydrogen (secondary N) is 1.